The quantitative estimate of drug-likeness (QED) is 0.667. The van der Waals surface area contributed by atoms with E-state index in [1.807, 2.05) is 6.92 Å². The highest BCUT2D eigenvalue weighted by Crippen LogP contribution is 2.54. The number of hydrogen-bond donors (Lipinski definition) is 1. The van der Waals surface area contributed by atoms with Crippen molar-refractivity contribution in [3.05, 3.63) is 22.8 Å². The summed E-state index contributed by atoms with van der Waals surface area (Å²) < 4.78 is 0. The molecule has 1 unspecified atom stereocenters. The van der Waals surface area contributed by atoms with Crippen LogP contribution in [0.2, 0.25) is 0 Å². The molecule has 1 fully saturated rings. The first kappa shape index (κ1) is 12.2. The molecule has 1 N–H and O–H groups in total. The van der Waals surface area contributed by atoms with Crippen molar-refractivity contribution in [2.75, 3.05) is 0 Å². The van der Waals surface area contributed by atoms with Crippen LogP contribution in [-0.4, -0.2) is 17.0 Å². The van der Waals surface area contributed by atoms with Gasteiger partial charge in [-0.15, -0.1) is 0 Å². The smallest absolute Gasteiger partial charge is 0.158 e. The molecule has 3 aliphatic carbocycles. The van der Waals surface area contributed by atoms with Gasteiger partial charge >= 0.3 is 0 Å². The molecular weight excluding hydrogens is 224 g/mol. The molecule has 18 heavy (non-hydrogen) atoms. The summed E-state index contributed by atoms with van der Waals surface area (Å²) in [6, 6.07) is 0. The molecule has 0 aromatic rings. The van der Waals surface area contributed by atoms with Gasteiger partial charge in [0.25, 0.3) is 0 Å². The first-order valence-electron chi connectivity index (χ1n) is 7.15. The van der Waals surface area contributed by atoms with Crippen molar-refractivity contribution in [3.63, 3.8) is 0 Å². The fraction of sp³-hybridized carbons (Fsp3) is 0.688. The minimum Gasteiger partial charge on any atom is -0.392 e. The van der Waals surface area contributed by atoms with Crippen LogP contribution < -0.4 is 0 Å². The lowest BCUT2D eigenvalue weighted by molar-refractivity contribution is -0.116. The van der Waals surface area contributed by atoms with Crippen LogP contribution in [-0.2, 0) is 4.79 Å². The van der Waals surface area contributed by atoms with E-state index in [0.29, 0.717) is 18.1 Å². The summed E-state index contributed by atoms with van der Waals surface area (Å²) in [5.41, 5.74) is 3.76. The highest BCUT2D eigenvalue weighted by Gasteiger charge is 2.46. The number of aliphatic hydroxyl groups is 1. The Morgan fingerprint density at radius 2 is 2.11 bits per heavy atom. The molecule has 2 nitrogen and oxygen atoms in total. The van der Waals surface area contributed by atoms with Crippen molar-refractivity contribution >= 4 is 5.78 Å². The Balaban J connectivity index is 2.05. The van der Waals surface area contributed by atoms with Crippen molar-refractivity contribution in [2.24, 2.45) is 11.3 Å². The zero-order chi connectivity index (χ0) is 12.9. The number of carbonyl (C=O) groups is 1. The second kappa shape index (κ2) is 4.06. The molecule has 0 aliphatic heterocycles. The summed E-state index contributed by atoms with van der Waals surface area (Å²) in [5.74, 6) is 0.776. The van der Waals surface area contributed by atoms with E-state index in [1.165, 1.54) is 11.1 Å². The fourth-order valence-corrected chi connectivity index (χ4v) is 4.17. The number of rotatable bonds is 0. The molecule has 0 aromatic heterocycles. The predicted octanol–water partition coefficient (Wildman–Crippen LogP) is 3.16. The van der Waals surface area contributed by atoms with Gasteiger partial charge in [-0.05, 0) is 44.6 Å². The highest BCUT2D eigenvalue weighted by atomic mass is 16.3. The monoisotopic (exact) mass is 246 g/mol. The van der Waals surface area contributed by atoms with Gasteiger partial charge < -0.3 is 5.11 Å². The topological polar surface area (TPSA) is 37.3 Å². The third-order valence-corrected chi connectivity index (χ3v) is 5.47. The lowest BCUT2D eigenvalue weighted by Crippen LogP contribution is -2.43. The van der Waals surface area contributed by atoms with Gasteiger partial charge in [0.05, 0.1) is 6.10 Å². The van der Waals surface area contributed by atoms with Gasteiger partial charge in [-0.2, -0.15) is 0 Å². The molecule has 3 atom stereocenters. The third kappa shape index (κ3) is 1.55. The van der Waals surface area contributed by atoms with Crippen molar-refractivity contribution in [1.82, 2.24) is 0 Å². The molecule has 3 aliphatic rings. The molecule has 0 heterocycles. The molecule has 2 heteroatoms. The van der Waals surface area contributed by atoms with E-state index >= 15 is 0 Å². The van der Waals surface area contributed by atoms with Crippen LogP contribution in [0.25, 0.3) is 0 Å². The molecule has 3 rings (SSSR count). The van der Waals surface area contributed by atoms with Gasteiger partial charge in [0.15, 0.2) is 5.78 Å². The molecule has 1 saturated carbocycles. The molecule has 0 radical (unpaired) electrons. The Hall–Kier alpha value is -0.890. The van der Waals surface area contributed by atoms with Crippen molar-refractivity contribution in [1.29, 1.82) is 0 Å². The first-order chi connectivity index (χ1) is 8.54. The van der Waals surface area contributed by atoms with Crippen LogP contribution in [0.1, 0.15) is 52.4 Å². The molecule has 0 saturated heterocycles. The zero-order valence-corrected chi connectivity index (χ0v) is 11.3. The van der Waals surface area contributed by atoms with E-state index in [4.69, 9.17) is 0 Å². The van der Waals surface area contributed by atoms with Crippen LogP contribution in [0.3, 0.4) is 0 Å². The second-order valence-corrected chi connectivity index (χ2v) is 6.33. The average Bonchev–Trinajstić information content (AvgIpc) is 2.35. The van der Waals surface area contributed by atoms with E-state index in [9.17, 15) is 9.90 Å². The largest absolute Gasteiger partial charge is 0.392 e. The molecule has 0 amide bonds. The van der Waals surface area contributed by atoms with E-state index < -0.39 is 0 Å². The average molecular weight is 246 g/mol. The van der Waals surface area contributed by atoms with Gasteiger partial charge in [-0.1, -0.05) is 24.1 Å². The van der Waals surface area contributed by atoms with E-state index in [1.54, 1.807) is 0 Å². The SMILES string of the molecule is CC1=C2CC[C@]3(C)C(=CCC[C@H]3O)C2CCC1=O. The summed E-state index contributed by atoms with van der Waals surface area (Å²) in [7, 11) is 0. The maximum absolute atomic E-state index is 11.8. The van der Waals surface area contributed by atoms with Crippen molar-refractivity contribution in [3.8, 4) is 0 Å². The van der Waals surface area contributed by atoms with Crippen LogP contribution >= 0.6 is 0 Å². The zero-order valence-electron chi connectivity index (χ0n) is 11.3. The molecule has 0 bridgehead atoms. The number of fused-ring (bicyclic) bond motifs is 3. The highest BCUT2D eigenvalue weighted by molar-refractivity contribution is 5.96. The Kier molecular flexibility index (Phi) is 2.74. The second-order valence-electron chi connectivity index (χ2n) is 6.33. The van der Waals surface area contributed by atoms with Gasteiger partial charge in [0.2, 0.25) is 0 Å². The van der Waals surface area contributed by atoms with Gasteiger partial charge in [-0.3, -0.25) is 4.79 Å². The third-order valence-electron chi connectivity index (χ3n) is 5.47. The minimum atomic E-state index is -0.197. The number of Topliss-reactive ketones (excluding diaryl/α,β-unsaturated/α-hetero) is 1. The first-order valence-corrected chi connectivity index (χ1v) is 7.15. The number of ketones is 1. The lowest BCUT2D eigenvalue weighted by Gasteiger charge is -2.49. The molecular formula is C16H22O2. The molecule has 0 aromatic carbocycles. The van der Waals surface area contributed by atoms with Crippen LogP contribution in [0.15, 0.2) is 22.8 Å². The standard InChI is InChI=1S/C16H22O2/c1-10-11-8-9-16(2)13(4-3-5-15(16)18)12(11)6-7-14(10)17/h4,12,15,18H,3,5-9H2,1-2H3/t12?,15-,16-/m1/s1. The number of hydrogen-bond acceptors (Lipinski definition) is 2. The Bertz CT molecular complexity index is 458. The van der Waals surface area contributed by atoms with E-state index in [0.717, 1.165) is 37.7 Å². The summed E-state index contributed by atoms with van der Waals surface area (Å²) in [4.78, 5) is 11.8. The summed E-state index contributed by atoms with van der Waals surface area (Å²) in [5, 5.41) is 10.3. The van der Waals surface area contributed by atoms with Crippen LogP contribution in [0.5, 0.6) is 0 Å². The van der Waals surface area contributed by atoms with Crippen LogP contribution in [0.4, 0.5) is 0 Å². The Morgan fingerprint density at radius 1 is 1.33 bits per heavy atom. The Morgan fingerprint density at radius 3 is 2.89 bits per heavy atom. The summed E-state index contributed by atoms with van der Waals surface area (Å²) in [6.45, 7) is 4.21. The van der Waals surface area contributed by atoms with Crippen molar-refractivity contribution < 1.29 is 9.90 Å². The van der Waals surface area contributed by atoms with Gasteiger partial charge in [-0.25, -0.2) is 0 Å². The van der Waals surface area contributed by atoms with Gasteiger partial charge in [0.1, 0.15) is 0 Å². The fourth-order valence-electron chi connectivity index (χ4n) is 4.17. The molecule has 0 spiro atoms. The van der Waals surface area contributed by atoms with Gasteiger partial charge in [0, 0.05) is 17.8 Å². The van der Waals surface area contributed by atoms with Crippen molar-refractivity contribution in [2.45, 2.75) is 58.5 Å². The molecule has 98 valence electrons. The predicted molar refractivity (Wildman–Crippen MR) is 71.1 cm³/mol. The minimum absolute atomic E-state index is 0.0346. The van der Waals surface area contributed by atoms with E-state index in [-0.39, 0.29) is 11.5 Å². The maximum Gasteiger partial charge on any atom is 0.158 e. The lowest BCUT2D eigenvalue weighted by atomic mass is 9.57. The summed E-state index contributed by atoms with van der Waals surface area (Å²) >= 11 is 0. The van der Waals surface area contributed by atoms with E-state index in [2.05, 4.69) is 13.0 Å². The number of aliphatic hydroxyl groups excluding tert-OH is 1. The van der Waals surface area contributed by atoms with Crippen LogP contribution in [0, 0.1) is 11.3 Å². The summed E-state index contributed by atoms with van der Waals surface area (Å²) in [6.07, 6.45) is 7.66. The Labute approximate surface area is 109 Å². The maximum atomic E-state index is 11.8. The normalized spacial score (nSPS) is 40.2. The number of allylic oxidation sites excluding steroid dienone is 3. The number of carbonyl (C=O) groups excluding carboxylic acids is 1.